The number of esters is 1. The molecule has 2 heterocycles. The minimum absolute atomic E-state index is 0.157. The van der Waals surface area contributed by atoms with Gasteiger partial charge in [-0.1, -0.05) is 30.3 Å². The second-order valence-corrected chi connectivity index (χ2v) is 8.48. The van der Waals surface area contributed by atoms with Gasteiger partial charge in [-0.3, -0.25) is 9.69 Å². The molecule has 2 atom stereocenters. The molecule has 0 aromatic heterocycles. The molecule has 1 unspecified atom stereocenters. The van der Waals surface area contributed by atoms with E-state index in [-0.39, 0.29) is 11.3 Å². The van der Waals surface area contributed by atoms with Crippen LogP contribution in [-0.4, -0.2) is 39.5 Å². The van der Waals surface area contributed by atoms with E-state index >= 15 is 0 Å². The monoisotopic (exact) mass is 360 g/mol. The maximum atomic E-state index is 12.8. The van der Waals surface area contributed by atoms with Gasteiger partial charge in [-0.05, 0) is 44.7 Å². The van der Waals surface area contributed by atoms with Gasteiger partial charge < -0.3 is 10.5 Å². The van der Waals surface area contributed by atoms with Crippen LogP contribution in [-0.2, 0) is 20.7 Å². The third-order valence-electron chi connectivity index (χ3n) is 4.24. The molecule has 134 valence electrons. The van der Waals surface area contributed by atoms with Crippen LogP contribution < -0.4 is 5.73 Å². The Bertz CT molecular complexity index is 709. The number of fused-ring (bicyclic) bond motifs is 1. The van der Waals surface area contributed by atoms with Crippen LogP contribution in [0, 0.1) is 0 Å². The molecule has 2 aliphatic heterocycles. The lowest BCUT2D eigenvalue weighted by molar-refractivity contribution is -0.158. The van der Waals surface area contributed by atoms with Crippen LogP contribution in [0.1, 0.15) is 32.8 Å². The smallest absolute Gasteiger partial charge is 0.355 e. The third kappa shape index (κ3) is 3.75. The van der Waals surface area contributed by atoms with Gasteiger partial charge in [0.05, 0.1) is 0 Å². The van der Waals surface area contributed by atoms with Gasteiger partial charge >= 0.3 is 5.97 Å². The van der Waals surface area contributed by atoms with Gasteiger partial charge in [0, 0.05) is 5.75 Å². The summed E-state index contributed by atoms with van der Waals surface area (Å²) < 4.78 is 5.55. The summed E-state index contributed by atoms with van der Waals surface area (Å²) in [7, 11) is 0. The molecule has 1 fully saturated rings. The molecule has 2 aliphatic rings. The Hall–Kier alpha value is -1.79. The number of hydrogen-bond acceptors (Lipinski definition) is 5. The average Bonchev–Trinajstić information content (AvgIpc) is 2.57. The van der Waals surface area contributed by atoms with E-state index in [1.807, 2.05) is 39.0 Å². The van der Waals surface area contributed by atoms with Gasteiger partial charge in [0.2, 0.25) is 5.91 Å². The number of thioether (sulfide) groups is 1. The lowest BCUT2D eigenvalue weighted by atomic mass is 9.99. The predicted molar refractivity (Wildman–Crippen MR) is 98.7 cm³/mol. The van der Waals surface area contributed by atoms with E-state index in [1.54, 1.807) is 11.8 Å². The van der Waals surface area contributed by atoms with Crippen LogP contribution in [0.4, 0.5) is 0 Å². The summed E-state index contributed by atoms with van der Waals surface area (Å²) in [4.78, 5) is 26.5. The Morgan fingerprint density at radius 1 is 1.28 bits per heavy atom. The third-order valence-corrected chi connectivity index (χ3v) is 5.60. The summed E-state index contributed by atoms with van der Waals surface area (Å²) in [6.07, 6.45) is 1.54. The lowest BCUT2D eigenvalue weighted by Crippen LogP contribution is -2.68. The first-order chi connectivity index (χ1) is 11.8. The summed E-state index contributed by atoms with van der Waals surface area (Å²) in [5, 5.41) is -0.157. The molecule has 25 heavy (non-hydrogen) atoms. The molecule has 0 aliphatic carbocycles. The number of ether oxygens (including phenoxy) is 1. The van der Waals surface area contributed by atoms with Crippen molar-refractivity contribution in [3.05, 3.63) is 47.2 Å². The highest BCUT2D eigenvalue weighted by Crippen LogP contribution is 2.41. The van der Waals surface area contributed by atoms with Crippen molar-refractivity contribution < 1.29 is 14.3 Å². The lowest BCUT2D eigenvalue weighted by Gasteiger charge is -2.48. The number of rotatable bonds is 4. The normalized spacial score (nSPS) is 23.2. The topological polar surface area (TPSA) is 72.6 Å². The first-order valence-corrected chi connectivity index (χ1v) is 9.52. The fourth-order valence-corrected chi connectivity index (χ4v) is 4.36. The number of benzene rings is 1. The van der Waals surface area contributed by atoms with Gasteiger partial charge in [0.1, 0.15) is 22.7 Å². The minimum atomic E-state index is -0.606. The molecular weight excluding hydrogens is 336 g/mol. The molecule has 1 saturated heterocycles. The van der Waals surface area contributed by atoms with Gasteiger partial charge in [-0.2, -0.15) is 0 Å². The quantitative estimate of drug-likeness (QED) is 0.660. The van der Waals surface area contributed by atoms with Crippen molar-refractivity contribution in [3.63, 3.8) is 0 Å². The molecule has 1 aromatic rings. The molecule has 0 spiro atoms. The Morgan fingerprint density at radius 3 is 2.60 bits per heavy atom. The van der Waals surface area contributed by atoms with Crippen LogP contribution in [0.15, 0.2) is 41.6 Å². The summed E-state index contributed by atoms with van der Waals surface area (Å²) in [6.45, 7) is 5.48. The summed E-state index contributed by atoms with van der Waals surface area (Å²) in [5.74, 6) is 0.0696. The Kier molecular flexibility index (Phi) is 4.93. The van der Waals surface area contributed by atoms with E-state index in [9.17, 15) is 9.59 Å². The summed E-state index contributed by atoms with van der Waals surface area (Å²) in [6, 6.07) is 9.59. The Balaban J connectivity index is 1.86. The van der Waals surface area contributed by atoms with E-state index in [0.29, 0.717) is 11.4 Å². The van der Waals surface area contributed by atoms with Crippen molar-refractivity contribution in [1.29, 1.82) is 0 Å². The molecule has 1 amide bonds. The first-order valence-electron chi connectivity index (χ1n) is 8.47. The second kappa shape index (κ2) is 6.84. The zero-order valence-electron chi connectivity index (χ0n) is 14.8. The highest BCUT2D eigenvalue weighted by atomic mass is 32.2. The molecule has 0 saturated carbocycles. The van der Waals surface area contributed by atoms with Crippen molar-refractivity contribution in [2.75, 3.05) is 5.75 Å². The highest BCUT2D eigenvalue weighted by Gasteiger charge is 2.52. The fourth-order valence-electron chi connectivity index (χ4n) is 3.03. The standard InChI is InChI=1S/C19H24N2O3S/c1-19(2,3)24-18(23)15-13(10-9-12-7-5-4-6-8-12)11-25-17-14(20)16(22)21(15)17/h4-8,14,17H,9-11,20H2,1-3H3/t14?,17-/m1/s1. The maximum Gasteiger partial charge on any atom is 0.355 e. The molecule has 5 nitrogen and oxygen atoms in total. The number of carbonyl (C=O) groups excluding carboxylic acids is 2. The fraction of sp³-hybridized carbons (Fsp3) is 0.474. The van der Waals surface area contributed by atoms with Crippen LogP contribution >= 0.6 is 11.8 Å². The highest BCUT2D eigenvalue weighted by molar-refractivity contribution is 8.00. The van der Waals surface area contributed by atoms with Gasteiger partial charge in [0.25, 0.3) is 0 Å². The van der Waals surface area contributed by atoms with Gasteiger partial charge in [-0.25, -0.2) is 4.79 Å². The van der Waals surface area contributed by atoms with E-state index in [4.69, 9.17) is 10.5 Å². The Labute approximate surface area is 152 Å². The SMILES string of the molecule is CC(C)(C)OC(=O)C1=C(CCc2ccccc2)CS[C@@H]2C(N)C(=O)N12. The number of β-lactam (4-membered cyclic amide) rings is 1. The summed E-state index contributed by atoms with van der Waals surface area (Å²) in [5.41, 5.74) is 7.85. The van der Waals surface area contributed by atoms with Crippen LogP contribution in [0.25, 0.3) is 0 Å². The number of hydrogen-bond donors (Lipinski definition) is 1. The molecule has 2 N–H and O–H groups in total. The summed E-state index contributed by atoms with van der Waals surface area (Å²) >= 11 is 1.62. The van der Waals surface area contributed by atoms with Crippen molar-refractivity contribution in [2.45, 2.75) is 50.6 Å². The maximum absolute atomic E-state index is 12.8. The number of aryl methyl sites for hydroxylation is 1. The molecule has 3 rings (SSSR count). The van der Waals surface area contributed by atoms with Gasteiger partial charge in [0.15, 0.2) is 0 Å². The van der Waals surface area contributed by atoms with E-state index in [0.717, 1.165) is 18.4 Å². The number of carbonyl (C=O) groups is 2. The number of nitrogens with zero attached hydrogens (tertiary/aromatic N) is 1. The Morgan fingerprint density at radius 2 is 1.96 bits per heavy atom. The van der Waals surface area contributed by atoms with E-state index in [2.05, 4.69) is 12.1 Å². The molecular formula is C19H24N2O3S. The number of nitrogens with two attached hydrogens (primary N) is 1. The zero-order chi connectivity index (χ0) is 18.2. The van der Waals surface area contributed by atoms with E-state index in [1.165, 1.54) is 10.5 Å². The molecule has 1 aromatic carbocycles. The second-order valence-electron chi connectivity index (χ2n) is 7.38. The molecule has 0 radical (unpaired) electrons. The zero-order valence-corrected chi connectivity index (χ0v) is 15.6. The number of amides is 1. The van der Waals surface area contributed by atoms with Crippen LogP contribution in [0.2, 0.25) is 0 Å². The van der Waals surface area contributed by atoms with Crippen molar-refractivity contribution in [3.8, 4) is 0 Å². The van der Waals surface area contributed by atoms with Crippen molar-refractivity contribution >= 4 is 23.6 Å². The van der Waals surface area contributed by atoms with Crippen molar-refractivity contribution in [2.24, 2.45) is 5.73 Å². The molecule has 6 heteroatoms. The predicted octanol–water partition coefficient (Wildman–Crippen LogP) is 2.46. The molecule has 0 bridgehead atoms. The van der Waals surface area contributed by atoms with Crippen molar-refractivity contribution in [1.82, 2.24) is 4.90 Å². The van der Waals surface area contributed by atoms with Crippen LogP contribution in [0.5, 0.6) is 0 Å². The largest absolute Gasteiger partial charge is 0.455 e. The van der Waals surface area contributed by atoms with E-state index < -0.39 is 17.6 Å². The van der Waals surface area contributed by atoms with Crippen LogP contribution in [0.3, 0.4) is 0 Å². The van der Waals surface area contributed by atoms with Gasteiger partial charge in [-0.15, -0.1) is 11.8 Å². The average molecular weight is 360 g/mol. The minimum Gasteiger partial charge on any atom is -0.455 e. The first kappa shape index (κ1) is 18.0.